The van der Waals surface area contributed by atoms with E-state index in [0.29, 0.717) is 8.63 Å². The molecule has 1 aromatic heterocycles. The number of oxime groups is 1. The standard InChI is InChI=1S/C15H20N6O6S4/c1-27-19-10(8-6-29-14(16)17-8)12(22)18-11-9(21(13(11)23)31(24,25)26)7-30-15(28)20-4-2-3-5-20/h6,9,11H,2-5,7H2,1H3,(H2,16,17)(H,18,22)(H,24,25,26)/b19-10-/t9-,11+/m1/s1. The number of thiocarbonyl (C=S) groups is 1. The summed E-state index contributed by atoms with van der Waals surface area (Å²) in [5, 5.41) is 7.76. The average molecular weight is 509 g/mol. The molecule has 4 N–H and O–H groups in total. The van der Waals surface area contributed by atoms with E-state index in [9.17, 15) is 22.6 Å². The highest BCUT2D eigenvalue weighted by Crippen LogP contribution is 2.28. The second kappa shape index (κ2) is 9.64. The first-order chi connectivity index (χ1) is 14.6. The number of carbonyl (C=O) groups excluding carboxylic acids is 2. The van der Waals surface area contributed by atoms with Crippen LogP contribution in [0.3, 0.4) is 0 Å². The molecule has 2 fully saturated rings. The van der Waals surface area contributed by atoms with Gasteiger partial charge < -0.3 is 20.8 Å². The molecule has 2 aliphatic heterocycles. The van der Waals surface area contributed by atoms with Crippen molar-refractivity contribution in [3.05, 3.63) is 11.1 Å². The minimum atomic E-state index is -4.80. The lowest BCUT2D eigenvalue weighted by Gasteiger charge is -2.44. The lowest BCUT2D eigenvalue weighted by atomic mass is 10.0. The number of amides is 2. The number of nitrogens with zero attached hydrogens (tertiary/aromatic N) is 4. The Labute approximate surface area is 192 Å². The van der Waals surface area contributed by atoms with Gasteiger partial charge in [-0.15, -0.1) is 11.3 Å². The number of nitrogen functional groups attached to an aromatic ring is 1. The molecule has 2 saturated heterocycles. The number of anilines is 1. The maximum absolute atomic E-state index is 12.7. The fourth-order valence-corrected chi connectivity index (χ4v) is 6.10. The van der Waals surface area contributed by atoms with Gasteiger partial charge in [-0.05, 0) is 12.8 Å². The number of hydrogen-bond acceptors (Lipinski definition) is 11. The quantitative estimate of drug-likeness (QED) is 0.145. The minimum absolute atomic E-state index is 0.0617. The molecular formula is C15H20N6O6S4. The largest absolute Gasteiger partial charge is 0.398 e. The highest BCUT2D eigenvalue weighted by molar-refractivity contribution is 8.22. The maximum Gasteiger partial charge on any atom is 0.362 e. The van der Waals surface area contributed by atoms with Crippen molar-refractivity contribution in [2.45, 2.75) is 24.9 Å². The molecule has 16 heteroatoms. The second-order valence-electron chi connectivity index (χ2n) is 6.59. The molecule has 3 heterocycles. The Bertz CT molecular complexity index is 1010. The van der Waals surface area contributed by atoms with Gasteiger partial charge >= 0.3 is 10.3 Å². The number of β-lactam (4-membered cyclic amide) rings is 1. The zero-order valence-corrected chi connectivity index (χ0v) is 19.5. The summed E-state index contributed by atoms with van der Waals surface area (Å²) in [5.41, 5.74) is 5.50. The maximum atomic E-state index is 12.7. The smallest absolute Gasteiger partial charge is 0.362 e. The van der Waals surface area contributed by atoms with Crippen molar-refractivity contribution >= 4 is 72.6 Å². The van der Waals surface area contributed by atoms with Crippen LogP contribution in [0.4, 0.5) is 5.13 Å². The Morgan fingerprint density at radius 3 is 2.74 bits per heavy atom. The molecule has 170 valence electrons. The molecule has 2 aliphatic rings. The molecule has 0 aliphatic carbocycles. The van der Waals surface area contributed by atoms with Gasteiger partial charge in [0.25, 0.3) is 11.8 Å². The van der Waals surface area contributed by atoms with Crippen LogP contribution in [0.25, 0.3) is 0 Å². The SMILES string of the molecule is CO/N=C(\C(=O)N[C@@H]1C(=O)N(S(=O)(=O)O)[C@@H]1CSC(=S)N1CCCC1)c1csc(N)n1. The van der Waals surface area contributed by atoms with Crippen molar-refractivity contribution in [3.63, 3.8) is 0 Å². The summed E-state index contributed by atoms with van der Waals surface area (Å²) in [6.07, 6.45) is 2.03. The summed E-state index contributed by atoms with van der Waals surface area (Å²) in [5.74, 6) is -1.72. The van der Waals surface area contributed by atoms with Gasteiger partial charge in [-0.25, -0.2) is 9.29 Å². The van der Waals surface area contributed by atoms with E-state index in [4.69, 9.17) is 18.0 Å². The summed E-state index contributed by atoms with van der Waals surface area (Å²) >= 11 is 7.63. The molecule has 12 nitrogen and oxygen atoms in total. The van der Waals surface area contributed by atoms with E-state index in [1.54, 1.807) is 0 Å². The highest BCUT2D eigenvalue weighted by Gasteiger charge is 2.54. The Balaban J connectivity index is 1.74. The molecule has 0 radical (unpaired) electrons. The molecule has 0 unspecified atom stereocenters. The van der Waals surface area contributed by atoms with Gasteiger partial charge in [0.15, 0.2) is 10.8 Å². The number of hydrogen-bond donors (Lipinski definition) is 3. The van der Waals surface area contributed by atoms with Gasteiger partial charge in [-0.2, -0.15) is 8.42 Å². The number of thioether (sulfide) groups is 1. The lowest BCUT2D eigenvalue weighted by molar-refractivity contribution is -0.143. The molecule has 2 atom stereocenters. The molecule has 0 saturated carbocycles. The first-order valence-electron chi connectivity index (χ1n) is 8.99. The van der Waals surface area contributed by atoms with E-state index in [1.165, 1.54) is 24.3 Å². The Morgan fingerprint density at radius 2 is 2.19 bits per heavy atom. The Morgan fingerprint density at radius 1 is 1.52 bits per heavy atom. The van der Waals surface area contributed by atoms with Crippen LogP contribution in [-0.2, 0) is 24.7 Å². The molecule has 0 bridgehead atoms. The zero-order valence-electron chi connectivity index (χ0n) is 16.3. The van der Waals surface area contributed by atoms with Crippen molar-refractivity contribution in [2.75, 3.05) is 31.7 Å². The summed E-state index contributed by atoms with van der Waals surface area (Å²) < 4.78 is 33.6. The number of nitrogens with two attached hydrogens (primary N) is 1. The number of likely N-dealkylation sites (tertiary alicyclic amines) is 1. The molecule has 31 heavy (non-hydrogen) atoms. The summed E-state index contributed by atoms with van der Waals surface area (Å²) in [4.78, 5) is 35.7. The van der Waals surface area contributed by atoms with Gasteiger partial charge in [0.2, 0.25) is 0 Å². The first-order valence-corrected chi connectivity index (χ1v) is 12.7. The minimum Gasteiger partial charge on any atom is -0.398 e. The Hall–Kier alpha value is -2.01. The van der Waals surface area contributed by atoms with Crippen molar-refractivity contribution in [1.82, 2.24) is 19.5 Å². The highest BCUT2D eigenvalue weighted by atomic mass is 32.2. The van der Waals surface area contributed by atoms with Crippen LogP contribution < -0.4 is 11.1 Å². The predicted molar refractivity (Wildman–Crippen MR) is 120 cm³/mol. The molecule has 2 amide bonds. The van der Waals surface area contributed by atoms with E-state index < -0.39 is 34.2 Å². The van der Waals surface area contributed by atoms with E-state index in [2.05, 4.69) is 20.3 Å². The number of nitrogens with one attached hydrogen (secondary N) is 1. The van der Waals surface area contributed by atoms with Crippen LogP contribution in [0.1, 0.15) is 18.5 Å². The van der Waals surface area contributed by atoms with Crippen LogP contribution in [0.5, 0.6) is 0 Å². The number of carbonyl (C=O) groups is 2. The van der Waals surface area contributed by atoms with Crippen LogP contribution in [-0.4, -0.2) is 87.0 Å². The van der Waals surface area contributed by atoms with Gasteiger partial charge in [0.1, 0.15) is 23.2 Å². The van der Waals surface area contributed by atoms with Crippen LogP contribution >= 0.6 is 35.3 Å². The third-order valence-corrected chi connectivity index (χ3v) is 7.86. The fraction of sp³-hybridized carbons (Fsp3) is 0.533. The van der Waals surface area contributed by atoms with Crippen molar-refractivity contribution in [2.24, 2.45) is 5.16 Å². The average Bonchev–Trinajstić information content (AvgIpc) is 3.37. The van der Waals surface area contributed by atoms with E-state index >= 15 is 0 Å². The summed E-state index contributed by atoms with van der Waals surface area (Å²) in [7, 11) is -3.57. The number of thiazole rings is 1. The molecule has 0 aromatic carbocycles. The van der Waals surface area contributed by atoms with Gasteiger partial charge in [-0.1, -0.05) is 29.1 Å². The zero-order chi connectivity index (χ0) is 22.8. The van der Waals surface area contributed by atoms with Crippen LogP contribution in [0, 0.1) is 0 Å². The number of rotatable bonds is 7. The lowest BCUT2D eigenvalue weighted by Crippen LogP contribution is -2.73. The van der Waals surface area contributed by atoms with Gasteiger partial charge in [-0.3, -0.25) is 14.1 Å². The Kier molecular flexibility index (Phi) is 7.35. The summed E-state index contributed by atoms with van der Waals surface area (Å²) in [6, 6.07) is -2.23. The fourth-order valence-electron chi connectivity index (χ4n) is 3.17. The van der Waals surface area contributed by atoms with Gasteiger partial charge in [0, 0.05) is 24.2 Å². The van der Waals surface area contributed by atoms with E-state index in [0.717, 1.165) is 37.3 Å². The second-order valence-corrected chi connectivity index (χ2v) is 10.4. The monoisotopic (exact) mass is 508 g/mol. The third kappa shape index (κ3) is 5.25. The van der Waals surface area contributed by atoms with Crippen molar-refractivity contribution < 1.29 is 27.4 Å². The van der Waals surface area contributed by atoms with Gasteiger partial charge in [0.05, 0.1) is 6.04 Å². The van der Waals surface area contributed by atoms with Crippen molar-refractivity contribution in [3.8, 4) is 0 Å². The van der Waals surface area contributed by atoms with Crippen molar-refractivity contribution in [1.29, 1.82) is 0 Å². The molecule has 0 spiro atoms. The molecule has 1 aromatic rings. The first kappa shape index (κ1) is 23.6. The number of aromatic nitrogens is 1. The summed E-state index contributed by atoms with van der Waals surface area (Å²) in [6.45, 7) is 1.62. The molecular weight excluding hydrogens is 488 g/mol. The normalized spacial score (nSPS) is 21.7. The van der Waals surface area contributed by atoms with E-state index in [-0.39, 0.29) is 22.3 Å². The van der Waals surface area contributed by atoms with E-state index in [1.807, 2.05) is 4.90 Å². The third-order valence-electron chi connectivity index (χ3n) is 4.61. The van der Waals surface area contributed by atoms with Crippen LogP contribution in [0.15, 0.2) is 10.5 Å². The predicted octanol–water partition coefficient (Wildman–Crippen LogP) is -0.312. The molecule has 3 rings (SSSR count). The van der Waals surface area contributed by atoms with Crippen LogP contribution in [0.2, 0.25) is 0 Å². The topological polar surface area (TPSA) is 168 Å².